The number of amides is 3. The van der Waals surface area contributed by atoms with Crippen LogP contribution in [0.15, 0.2) is 0 Å². The fraction of sp³-hybridized carbons (Fsp3) is 0.750. The SMILES string of the molecule is COC1CC(C(=O)O)N(C(=O)N2CCN(C)C(=O)C2)C1. The largest absolute Gasteiger partial charge is 0.480 e. The van der Waals surface area contributed by atoms with E-state index in [4.69, 9.17) is 4.74 Å². The highest BCUT2D eigenvalue weighted by atomic mass is 16.5. The molecule has 1 N–H and O–H groups in total. The highest BCUT2D eigenvalue weighted by molar-refractivity contribution is 5.88. The summed E-state index contributed by atoms with van der Waals surface area (Å²) in [5.41, 5.74) is 0. The Bertz CT molecular complexity index is 427. The lowest BCUT2D eigenvalue weighted by molar-refractivity contribution is -0.141. The first kappa shape index (κ1) is 14.6. The van der Waals surface area contributed by atoms with Crippen molar-refractivity contribution >= 4 is 17.9 Å². The summed E-state index contributed by atoms with van der Waals surface area (Å²) >= 11 is 0. The van der Waals surface area contributed by atoms with Crippen LogP contribution in [0.25, 0.3) is 0 Å². The Morgan fingerprint density at radius 3 is 2.60 bits per heavy atom. The van der Waals surface area contributed by atoms with Crippen molar-refractivity contribution in [1.82, 2.24) is 14.7 Å². The second-order valence-corrected chi connectivity index (χ2v) is 5.12. The Balaban J connectivity index is 2.07. The van der Waals surface area contributed by atoms with Crippen molar-refractivity contribution in [2.45, 2.75) is 18.6 Å². The van der Waals surface area contributed by atoms with Crippen LogP contribution in [0.4, 0.5) is 4.79 Å². The van der Waals surface area contributed by atoms with Gasteiger partial charge in [0.2, 0.25) is 5.91 Å². The lowest BCUT2D eigenvalue weighted by Crippen LogP contribution is -2.56. The lowest BCUT2D eigenvalue weighted by Gasteiger charge is -2.35. The molecule has 2 aliphatic rings. The van der Waals surface area contributed by atoms with Gasteiger partial charge in [-0.05, 0) is 0 Å². The number of carboxylic acids is 1. The molecule has 112 valence electrons. The van der Waals surface area contributed by atoms with Gasteiger partial charge in [0.25, 0.3) is 0 Å². The maximum atomic E-state index is 12.4. The van der Waals surface area contributed by atoms with Gasteiger partial charge in [0.05, 0.1) is 6.10 Å². The first-order chi connectivity index (χ1) is 9.43. The van der Waals surface area contributed by atoms with Crippen LogP contribution in [0.5, 0.6) is 0 Å². The standard InChI is InChI=1S/C12H19N3O5/c1-13-3-4-14(7-10(13)16)12(19)15-6-8(20-2)5-9(15)11(17)18/h8-9H,3-7H2,1-2H3,(H,17,18). The lowest BCUT2D eigenvalue weighted by atomic mass is 10.2. The van der Waals surface area contributed by atoms with E-state index in [2.05, 4.69) is 0 Å². The van der Waals surface area contributed by atoms with Gasteiger partial charge < -0.3 is 24.5 Å². The third-order valence-corrected chi connectivity index (χ3v) is 3.85. The summed E-state index contributed by atoms with van der Waals surface area (Å²) in [7, 11) is 3.18. The van der Waals surface area contributed by atoms with Gasteiger partial charge >= 0.3 is 12.0 Å². The van der Waals surface area contributed by atoms with E-state index >= 15 is 0 Å². The topological polar surface area (TPSA) is 90.4 Å². The number of nitrogens with zero attached hydrogens (tertiary/aromatic N) is 3. The van der Waals surface area contributed by atoms with Crippen LogP contribution in [0.2, 0.25) is 0 Å². The molecule has 2 unspecified atom stereocenters. The molecule has 0 aromatic carbocycles. The number of piperazine rings is 1. The van der Waals surface area contributed by atoms with Crippen molar-refractivity contribution in [3.8, 4) is 0 Å². The predicted molar refractivity (Wildman–Crippen MR) is 68.1 cm³/mol. The molecule has 2 heterocycles. The summed E-state index contributed by atoms with van der Waals surface area (Å²) < 4.78 is 5.15. The number of likely N-dealkylation sites (N-methyl/N-ethyl adjacent to an activating group) is 1. The van der Waals surface area contributed by atoms with E-state index in [0.29, 0.717) is 13.1 Å². The van der Waals surface area contributed by atoms with E-state index in [9.17, 15) is 19.5 Å². The van der Waals surface area contributed by atoms with Gasteiger partial charge in [-0.1, -0.05) is 0 Å². The zero-order valence-electron chi connectivity index (χ0n) is 11.6. The average Bonchev–Trinajstić information content (AvgIpc) is 2.85. The number of carboxylic acid groups (broad SMARTS) is 1. The van der Waals surface area contributed by atoms with E-state index in [0.717, 1.165) is 0 Å². The second kappa shape index (κ2) is 5.66. The Labute approximate surface area is 116 Å². The molecule has 8 nitrogen and oxygen atoms in total. The average molecular weight is 285 g/mol. The number of aliphatic carboxylic acids is 1. The highest BCUT2D eigenvalue weighted by Gasteiger charge is 2.42. The van der Waals surface area contributed by atoms with E-state index in [1.165, 1.54) is 16.9 Å². The maximum Gasteiger partial charge on any atom is 0.326 e. The number of ether oxygens (including phenoxy) is 1. The molecule has 0 aliphatic carbocycles. The summed E-state index contributed by atoms with van der Waals surface area (Å²) in [5.74, 6) is -1.18. The van der Waals surface area contributed by atoms with Gasteiger partial charge in [-0.3, -0.25) is 4.79 Å². The molecule has 0 aromatic rings. The summed E-state index contributed by atoms with van der Waals surface area (Å²) in [5, 5.41) is 9.20. The van der Waals surface area contributed by atoms with Gasteiger partial charge in [-0.25, -0.2) is 9.59 Å². The van der Waals surface area contributed by atoms with E-state index in [1.807, 2.05) is 0 Å². The van der Waals surface area contributed by atoms with Crippen LogP contribution in [0.1, 0.15) is 6.42 Å². The number of carbonyl (C=O) groups excluding carboxylic acids is 2. The fourth-order valence-electron chi connectivity index (χ4n) is 2.52. The van der Waals surface area contributed by atoms with Gasteiger partial charge in [-0.15, -0.1) is 0 Å². The van der Waals surface area contributed by atoms with Crippen molar-refractivity contribution in [3.63, 3.8) is 0 Å². The Hall–Kier alpha value is -1.83. The van der Waals surface area contributed by atoms with Gasteiger partial charge in [0.1, 0.15) is 12.6 Å². The van der Waals surface area contributed by atoms with E-state index < -0.39 is 18.0 Å². The molecule has 2 atom stereocenters. The molecule has 8 heteroatoms. The highest BCUT2D eigenvalue weighted by Crippen LogP contribution is 2.22. The molecule has 2 fully saturated rings. The number of methoxy groups -OCH3 is 1. The molecule has 3 amide bonds. The zero-order valence-corrected chi connectivity index (χ0v) is 11.6. The molecule has 0 bridgehead atoms. The third-order valence-electron chi connectivity index (χ3n) is 3.85. The number of hydrogen-bond donors (Lipinski definition) is 1. The van der Waals surface area contributed by atoms with Gasteiger partial charge in [-0.2, -0.15) is 0 Å². The van der Waals surface area contributed by atoms with Gasteiger partial charge in [0, 0.05) is 40.2 Å². The fourth-order valence-corrected chi connectivity index (χ4v) is 2.52. The van der Waals surface area contributed by atoms with Crippen LogP contribution in [0.3, 0.4) is 0 Å². The molecule has 2 aliphatic heterocycles. The van der Waals surface area contributed by atoms with Crippen molar-refractivity contribution in [2.75, 3.05) is 40.3 Å². The third kappa shape index (κ3) is 2.69. The van der Waals surface area contributed by atoms with Gasteiger partial charge in [0.15, 0.2) is 0 Å². The number of likely N-dealkylation sites (tertiary alicyclic amines) is 1. The van der Waals surface area contributed by atoms with Crippen molar-refractivity contribution in [2.24, 2.45) is 0 Å². The Morgan fingerprint density at radius 2 is 2.05 bits per heavy atom. The molecule has 20 heavy (non-hydrogen) atoms. The van der Waals surface area contributed by atoms with Crippen LogP contribution in [-0.2, 0) is 14.3 Å². The molecule has 0 radical (unpaired) electrons. The maximum absolute atomic E-state index is 12.4. The summed E-state index contributed by atoms with van der Waals surface area (Å²) in [4.78, 5) is 39.5. The monoisotopic (exact) mass is 285 g/mol. The molecule has 0 aromatic heterocycles. The quantitative estimate of drug-likeness (QED) is 0.707. The molecular formula is C12H19N3O5. The summed E-state index contributed by atoms with van der Waals surface area (Å²) in [6.45, 7) is 1.12. The zero-order chi connectivity index (χ0) is 14.9. The van der Waals surface area contributed by atoms with Crippen LogP contribution >= 0.6 is 0 Å². The number of carbonyl (C=O) groups is 3. The van der Waals surface area contributed by atoms with Crippen molar-refractivity contribution < 1.29 is 24.2 Å². The molecule has 2 rings (SSSR count). The number of urea groups is 1. The first-order valence-electron chi connectivity index (χ1n) is 6.49. The van der Waals surface area contributed by atoms with Crippen molar-refractivity contribution in [1.29, 1.82) is 0 Å². The van der Waals surface area contributed by atoms with Crippen LogP contribution in [-0.4, -0.2) is 90.2 Å². The molecule has 2 saturated heterocycles. The smallest absolute Gasteiger partial charge is 0.326 e. The Morgan fingerprint density at radius 1 is 1.35 bits per heavy atom. The minimum Gasteiger partial charge on any atom is -0.480 e. The van der Waals surface area contributed by atoms with E-state index in [1.54, 1.807) is 11.9 Å². The summed E-state index contributed by atoms with van der Waals surface area (Å²) in [6.07, 6.45) is 0.00225. The Kier molecular flexibility index (Phi) is 4.12. The molecular weight excluding hydrogens is 266 g/mol. The van der Waals surface area contributed by atoms with Crippen molar-refractivity contribution in [3.05, 3.63) is 0 Å². The minimum absolute atomic E-state index is 0.00415. The van der Waals surface area contributed by atoms with E-state index in [-0.39, 0.29) is 31.5 Å². The summed E-state index contributed by atoms with van der Waals surface area (Å²) in [6, 6.07) is -1.29. The van der Waals surface area contributed by atoms with Crippen LogP contribution < -0.4 is 0 Å². The normalized spacial score (nSPS) is 27.1. The minimum atomic E-state index is -1.04. The number of rotatable bonds is 2. The van der Waals surface area contributed by atoms with Crippen LogP contribution in [0, 0.1) is 0 Å². The second-order valence-electron chi connectivity index (χ2n) is 5.12. The molecule has 0 spiro atoms. The molecule has 0 saturated carbocycles. The first-order valence-corrected chi connectivity index (χ1v) is 6.49. The number of hydrogen-bond acceptors (Lipinski definition) is 4. The predicted octanol–water partition coefficient (Wildman–Crippen LogP) is -0.946.